The van der Waals surface area contributed by atoms with Crippen molar-refractivity contribution in [1.29, 1.82) is 1.43 Å². The van der Waals surface area contributed by atoms with E-state index in [0.29, 0.717) is 0 Å². The Kier molecular flexibility index (Phi) is 2.37. The van der Waals surface area contributed by atoms with Crippen molar-refractivity contribution in [1.82, 2.24) is 5.32 Å². The molecule has 0 rings (SSSR count). The first kappa shape index (κ1) is 6.00. The molecule has 2 unspecified atom stereocenters. The van der Waals surface area contributed by atoms with E-state index in [4.69, 9.17) is 4.17 Å². The first-order chi connectivity index (χ1) is 6.26. The predicted octanol–water partition coefficient (Wildman–Crippen LogP) is 1.24. The lowest BCUT2D eigenvalue weighted by atomic mass is 10.1. The van der Waals surface area contributed by atoms with Gasteiger partial charge in [0.25, 0.3) is 1.43 Å². The topological polar surface area (TPSA) is 49.3 Å². The average molecular weight is 162 g/mol. The molecule has 0 spiro atoms. The molecule has 66 valence electrons. The number of aliphatic carboxylic acids is 1. The van der Waals surface area contributed by atoms with E-state index in [-0.39, 0.29) is 12.0 Å². The lowest BCUT2D eigenvalue weighted by molar-refractivity contribution is -0.137. The molecule has 0 aromatic heterocycles. The van der Waals surface area contributed by atoms with E-state index in [0.717, 1.165) is 0 Å². The fourth-order valence-corrected chi connectivity index (χ4v) is 0.520. The van der Waals surface area contributed by atoms with E-state index in [1.807, 2.05) is 20.8 Å². The minimum atomic E-state index is -1.16. The van der Waals surface area contributed by atoms with Gasteiger partial charge in [0.1, 0.15) is 0 Å². The van der Waals surface area contributed by atoms with Crippen LogP contribution in [0.1, 0.15) is 36.3 Å². The molecule has 0 aliphatic rings. The molecule has 3 heteroatoms. The van der Waals surface area contributed by atoms with Crippen LogP contribution in [0, 0.1) is 0 Å². The maximum absolute atomic E-state index is 10.7. The zero-order valence-electron chi connectivity index (χ0n) is 10.2. The van der Waals surface area contributed by atoms with Crippen molar-refractivity contribution in [3.8, 4) is 0 Å². The van der Waals surface area contributed by atoms with Crippen molar-refractivity contribution in [2.24, 2.45) is 0 Å². The van der Waals surface area contributed by atoms with Crippen molar-refractivity contribution in [3.05, 3.63) is 0 Å². The van der Waals surface area contributed by atoms with Crippen LogP contribution in [-0.2, 0) is 4.79 Å². The minimum absolute atomic E-state index is 0.0228. The second kappa shape index (κ2) is 4.34. The van der Waals surface area contributed by atoms with Crippen LogP contribution in [0.4, 0.5) is 0 Å². The highest BCUT2D eigenvalue weighted by Crippen LogP contribution is 1.98. The summed E-state index contributed by atoms with van der Waals surface area (Å²) in [7, 11) is 0. The second-order valence-corrected chi connectivity index (χ2v) is 3.36. The Balaban J connectivity index is 3.94. The predicted molar refractivity (Wildman–Crippen MR) is 44.6 cm³/mol. The molecule has 0 radical (unpaired) electrons. The third kappa shape index (κ3) is 9.43. The minimum Gasteiger partial charge on any atom is -0.481 e. The molecule has 0 bridgehead atoms. The Morgan fingerprint density at radius 1 is 1.73 bits per heavy atom. The van der Waals surface area contributed by atoms with Gasteiger partial charge in [-0.05, 0) is 33.7 Å². The van der Waals surface area contributed by atoms with Crippen LogP contribution in [0.3, 0.4) is 0 Å². The smallest absolute Gasteiger partial charge is 0.303 e. The van der Waals surface area contributed by atoms with Gasteiger partial charge in [-0.2, -0.15) is 0 Å². The SMILES string of the molecule is [2H]OC(=O)C([2H])CC([2H])NC(C)(C)C. The summed E-state index contributed by atoms with van der Waals surface area (Å²) in [6, 6.07) is 0. The molecule has 11 heavy (non-hydrogen) atoms. The van der Waals surface area contributed by atoms with Gasteiger partial charge in [-0.1, -0.05) is 0 Å². The molecule has 0 aromatic carbocycles. The first-order valence-electron chi connectivity index (χ1n) is 5.12. The molecule has 0 aromatic rings. The highest BCUT2D eigenvalue weighted by molar-refractivity contribution is 5.66. The molecule has 0 aliphatic heterocycles. The van der Waals surface area contributed by atoms with E-state index in [1.165, 1.54) is 0 Å². The van der Waals surface area contributed by atoms with E-state index in [2.05, 4.69) is 10.4 Å². The van der Waals surface area contributed by atoms with Crippen molar-refractivity contribution in [2.45, 2.75) is 39.1 Å². The first-order valence-corrected chi connectivity index (χ1v) is 3.55. The molecule has 3 nitrogen and oxygen atoms in total. The number of carbonyl (C=O) groups is 1. The molecular formula is C8H17NO2. The Labute approximate surface area is 72.1 Å². The van der Waals surface area contributed by atoms with Gasteiger partial charge in [-0.3, -0.25) is 4.79 Å². The number of hydrogen-bond acceptors (Lipinski definition) is 3. The van der Waals surface area contributed by atoms with Crippen LogP contribution in [0.2, 0.25) is 0 Å². The summed E-state index contributed by atoms with van der Waals surface area (Å²) in [6.07, 6.45) is -1.14. The molecule has 0 saturated heterocycles. The Hall–Kier alpha value is -0.570. The highest BCUT2D eigenvalue weighted by atomic mass is 16.4. The van der Waals surface area contributed by atoms with Gasteiger partial charge in [0.2, 0.25) is 0 Å². The summed E-state index contributed by atoms with van der Waals surface area (Å²) in [5.41, 5.74) is -0.225. The number of carboxylic acids is 1. The van der Waals surface area contributed by atoms with Crippen molar-refractivity contribution in [2.75, 3.05) is 6.52 Å². The Morgan fingerprint density at radius 3 is 2.82 bits per heavy atom. The fraction of sp³-hybridized carbons (Fsp3) is 0.875. The maximum atomic E-state index is 10.7. The molecule has 2 atom stereocenters. The molecule has 0 amide bonds. The maximum Gasteiger partial charge on any atom is 0.303 e. The summed E-state index contributed by atoms with van der Waals surface area (Å²) >= 11 is 0. The van der Waals surface area contributed by atoms with Crippen molar-refractivity contribution in [3.63, 3.8) is 0 Å². The van der Waals surface area contributed by atoms with Gasteiger partial charge < -0.3 is 10.4 Å². The van der Waals surface area contributed by atoms with Crippen LogP contribution < -0.4 is 5.32 Å². The summed E-state index contributed by atoms with van der Waals surface area (Å²) in [6.45, 7) is 5.00. The fourth-order valence-electron chi connectivity index (χ4n) is 0.520. The van der Waals surface area contributed by atoms with Crippen LogP contribution in [0.15, 0.2) is 0 Å². The van der Waals surface area contributed by atoms with E-state index in [9.17, 15) is 4.79 Å². The van der Waals surface area contributed by atoms with Gasteiger partial charge in [0.15, 0.2) is 0 Å². The Bertz CT molecular complexity index is 194. The van der Waals surface area contributed by atoms with Gasteiger partial charge in [-0.15, -0.1) is 0 Å². The zero-order valence-corrected chi connectivity index (χ0v) is 7.18. The molecule has 0 heterocycles. The number of hydrogen-bond donors (Lipinski definition) is 2. The summed E-state index contributed by atoms with van der Waals surface area (Å²) < 4.78 is 21.1. The van der Waals surface area contributed by atoms with Gasteiger partial charge in [-0.25, -0.2) is 0 Å². The normalized spacial score (nSPS) is 20.8. The van der Waals surface area contributed by atoms with Crippen LogP contribution in [0.5, 0.6) is 0 Å². The number of carboxylic acid groups (broad SMARTS) is 1. The number of rotatable bonds is 4. The van der Waals surface area contributed by atoms with Crippen LogP contribution >= 0.6 is 0 Å². The zero-order chi connectivity index (χ0) is 11.4. The van der Waals surface area contributed by atoms with Crippen molar-refractivity contribution >= 4 is 5.97 Å². The second-order valence-electron chi connectivity index (χ2n) is 3.36. The van der Waals surface area contributed by atoms with E-state index < -0.39 is 18.9 Å². The Morgan fingerprint density at radius 2 is 2.36 bits per heavy atom. The molecular weight excluding hydrogens is 142 g/mol. The van der Waals surface area contributed by atoms with E-state index >= 15 is 0 Å². The summed E-state index contributed by atoms with van der Waals surface area (Å²) in [4.78, 5) is 10.7. The molecule has 0 aliphatic carbocycles. The molecule has 2 N–H and O–H groups in total. The van der Waals surface area contributed by atoms with Gasteiger partial charge in [0.05, 0.1) is 0 Å². The van der Waals surface area contributed by atoms with Crippen LogP contribution in [-0.4, -0.2) is 23.1 Å². The molecule has 0 fully saturated rings. The average Bonchev–Trinajstić information content (AvgIpc) is 1.99. The third-order valence-corrected chi connectivity index (χ3v) is 0.937. The van der Waals surface area contributed by atoms with Gasteiger partial charge in [0, 0.05) is 14.7 Å². The quantitative estimate of drug-likeness (QED) is 0.654. The lowest BCUT2D eigenvalue weighted by Crippen LogP contribution is -2.36. The lowest BCUT2D eigenvalue weighted by Gasteiger charge is -2.19. The van der Waals surface area contributed by atoms with Crippen LogP contribution in [0.25, 0.3) is 1.43 Å². The van der Waals surface area contributed by atoms with Gasteiger partial charge >= 0.3 is 5.97 Å². The molecule has 0 saturated carbocycles. The van der Waals surface area contributed by atoms with E-state index in [1.54, 1.807) is 0 Å². The third-order valence-electron chi connectivity index (χ3n) is 0.937. The number of nitrogens with one attached hydrogen (secondary N) is 1. The monoisotopic (exact) mass is 162 g/mol. The highest BCUT2D eigenvalue weighted by Gasteiger charge is 2.07. The summed E-state index contributed by atoms with van der Waals surface area (Å²) in [5, 5.41) is 6.56. The standard InChI is InChI=1S/C8H17NO2/c1-8(2,3)9-6-4-5-7(10)11/h9H,4-6H2,1-3H3,(H,10,11)/i5D,6D/hD. The van der Waals surface area contributed by atoms with Crippen molar-refractivity contribution < 1.29 is 12.6 Å². The largest absolute Gasteiger partial charge is 0.481 e. The summed E-state index contributed by atoms with van der Waals surface area (Å²) in [5.74, 6) is -0.919.